The number of carbonyl (C=O) groups is 2. The van der Waals surface area contributed by atoms with E-state index in [1.54, 1.807) is 18.2 Å². The van der Waals surface area contributed by atoms with Crippen molar-refractivity contribution >= 4 is 17.5 Å². The van der Waals surface area contributed by atoms with E-state index in [-0.39, 0.29) is 24.4 Å². The van der Waals surface area contributed by atoms with Crippen molar-refractivity contribution in [1.82, 2.24) is 10.6 Å². The summed E-state index contributed by atoms with van der Waals surface area (Å²) in [5, 5.41) is 8.52. The Hall–Kier alpha value is -2.04. The highest BCUT2D eigenvalue weighted by Crippen LogP contribution is 2.10. The first-order valence-corrected chi connectivity index (χ1v) is 6.44. The Kier molecular flexibility index (Phi) is 5.85. The molecular formula is C14H21N3O2. The Bertz CT molecular complexity index is 444. The largest absolute Gasteiger partial charge is 0.376 e. The average Bonchev–Trinajstić information content (AvgIpc) is 2.36. The highest BCUT2D eigenvalue weighted by atomic mass is 16.2. The minimum absolute atomic E-state index is 0.0709. The van der Waals surface area contributed by atoms with Gasteiger partial charge in [-0.15, -0.1) is 0 Å². The smallest absolute Gasteiger partial charge is 0.251 e. The van der Waals surface area contributed by atoms with Crippen LogP contribution < -0.4 is 16.0 Å². The third-order valence-corrected chi connectivity index (χ3v) is 2.36. The van der Waals surface area contributed by atoms with E-state index in [2.05, 4.69) is 16.0 Å². The summed E-state index contributed by atoms with van der Waals surface area (Å²) < 4.78 is 0. The standard InChI is InChI=1S/C14H21N3O2/c1-4-15-14(19)11-6-5-7-12(8-11)16-9-13(18)17-10(2)3/h5-8,10,16H,4,9H2,1-3H3,(H,15,19)(H,17,18). The molecule has 0 radical (unpaired) electrons. The number of rotatable bonds is 6. The van der Waals surface area contributed by atoms with Crippen LogP contribution in [0.5, 0.6) is 0 Å². The van der Waals surface area contributed by atoms with E-state index < -0.39 is 0 Å². The summed E-state index contributed by atoms with van der Waals surface area (Å²) in [5.74, 6) is -0.184. The van der Waals surface area contributed by atoms with Gasteiger partial charge in [0.2, 0.25) is 5.91 Å². The van der Waals surface area contributed by atoms with E-state index in [0.29, 0.717) is 12.1 Å². The number of benzene rings is 1. The minimum Gasteiger partial charge on any atom is -0.376 e. The van der Waals surface area contributed by atoms with Gasteiger partial charge in [0.25, 0.3) is 5.91 Å². The van der Waals surface area contributed by atoms with Gasteiger partial charge < -0.3 is 16.0 Å². The zero-order valence-electron chi connectivity index (χ0n) is 11.6. The van der Waals surface area contributed by atoms with Crippen molar-refractivity contribution in [2.45, 2.75) is 26.8 Å². The van der Waals surface area contributed by atoms with Gasteiger partial charge in [-0.25, -0.2) is 0 Å². The number of carbonyl (C=O) groups excluding carboxylic acids is 2. The first-order valence-electron chi connectivity index (χ1n) is 6.44. The van der Waals surface area contributed by atoms with Crippen molar-refractivity contribution in [1.29, 1.82) is 0 Å². The summed E-state index contributed by atoms with van der Waals surface area (Å²) >= 11 is 0. The van der Waals surface area contributed by atoms with Gasteiger partial charge in [0.1, 0.15) is 0 Å². The molecule has 2 amide bonds. The SMILES string of the molecule is CCNC(=O)c1cccc(NCC(=O)NC(C)C)c1. The molecule has 1 rings (SSSR count). The molecule has 1 aromatic rings. The highest BCUT2D eigenvalue weighted by molar-refractivity contribution is 5.95. The average molecular weight is 263 g/mol. The summed E-state index contributed by atoms with van der Waals surface area (Å²) in [6.45, 7) is 6.47. The summed E-state index contributed by atoms with van der Waals surface area (Å²) in [4.78, 5) is 23.2. The van der Waals surface area contributed by atoms with Gasteiger partial charge in [-0.3, -0.25) is 9.59 Å². The number of hydrogen-bond acceptors (Lipinski definition) is 3. The molecule has 3 N–H and O–H groups in total. The van der Waals surface area contributed by atoms with Gasteiger partial charge >= 0.3 is 0 Å². The van der Waals surface area contributed by atoms with Crippen molar-refractivity contribution in [3.63, 3.8) is 0 Å². The normalized spacial score (nSPS) is 10.1. The predicted molar refractivity (Wildman–Crippen MR) is 76.2 cm³/mol. The molecule has 19 heavy (non-hydrogen) atoms. The van der Waals surface area contributed by atoms with Crippen LogP contribution in [-0.2, 0) is 4.79 Å². The van der Waals surface area contributed by atoms with Gasteiger partial charge in [-0.05, 0) is 39.0 Å². The molecular weight excluding hydrogens is 242 g/mol. The summed E-state index contributed by atoms with van der Waals surface area (Å²) in [6.07, 6.45) is 0. The van der Waals surface area contributed by atoms with Crippen molar-refractivity contribution in [3.8, 4) is 0 Å². The third-order valence-electron chi connectivity index (χ3n) is 2.36. The molecule has 0 spiro atoms. The number of anilines is 1. The molecule has 0 fully saturated rings. The maximum absolute atomic E-state index is 11.7. The molecule has 0 saturated heterocycles. The Morgan fingerprint density at radius 3 is 2.63 bits per heavy atom. The summed E-state index contributed by atoms with van der Waals surface area (Å²) in [7, 11) is 0. The zero-order chi connectivity index (χ0) is 14.3. The highest BCUT2D eigenvalue weighted by Gasteiger charge is 2.06. The molecule has 0 aromatic heterocycles. The minimum atomic E-state index is -0.113. The van der Waals surface area contributed by atoms with Crippen LogP contribution in [0.25, 0.3) is 0 Å². The predicted octanol–water partition coefficient (Wildman–Crippen LogP) is 1.37. The lowest BCUT2D eigenvalue weighted by atomic mass is 10.2. The Morgan fingerprint density at radius 2 is 2.00 bits per heavy atom. The first-order chi connectivity index (χ1) is 9.02. The molecule has 0 heterocycles. The van der Waals surface area contributed by atoms with Crippen molar-refractivity contribution in [2.24, 2.45) is 0 Å². The fourth-order valence-corrected chi connectivity index (χ4v) is 1.59. The van der Waals surface area contributed by atoms with Crippen LogP contribution in [0.15, 0.2) is 24.3 Å². The van der Waals surface area contributed by atoms with Crippen LogP contribution >= 0.6 is 0 Å². The molecule has 104 valence electrons. The van der Waals surface area contributed by atoms with E-state index in [1.165, 1.54) is 0 Å². The number of hydrogen-bond donors (Lipinski definition) is 3. The third kappa shape index (κ3) is 5.42. The molecule has 5 heteroatoms. The van der Waals surface area contributed by atoms with Crippen LogP contribution in [0.4, 0.5) is 5.69 Å². The van der Waals surface area contributed by atoms with Gasteiger partial charge in [0.15, 0.2) is 0 Å². The Balaban J connectivity index is 2.57. The van der Waals surface area contributed by atoms with E-state index in [4.69, 9.17) is 0 Å². The number of amides is 2. The van der Waals surface area contributed by atoms with Crippen molar-refractivity contribution < 1.29 is 9.59 Å². The molecule has 0 saturated carbocycles. The van der Waals surface area contributed by atoms with Crippen molar-refractivity contribution in [3.05, 3.63) is 29.8 Å². The fraction of sp³-hybridized carbons (Fsp3) is 0.429. The Labute approximate surface area is 113 Å². The van der Waals surface area contributed by atoms with E-state index >= 15 is 0 Å². The molecule has 0 atom stereocenters. The second kappa shape index (κ2) is 7.41. The van der Waals surface area contributed by atoms with Gasteiger partial charge in [-0.1, -0.05) is 6.07 Å². The Morgan fingerprint density at radius 1 is 1.26 bits per heavy atom. The summed E-state index contributed by atoms with van der Waals surface area (Å²) in [5.41, 5.74) is 1.33. The maximum atomic E-state index is 11.7. The second-order valence-corrected chi connectivity index (χ2v) is 4.52. The molecule has 0 aliphatic rings. The molecule has 0 unspecified atom stereocenters. The zero-order valence-corrected chi connectivity index (χ0v) is 11.6. The second-order valence-electron chi connectivity index (χ2n) is 4.52. The lowest BCUT2D eigenvalue weighted by Gasteiger charge is -2.10. The van der Waals surface area contributed by atoms with E-state index in [9.17, 15) is 9.59 Å². The monoisotopic (exact) mass is 263 g/mol. The van der Waals surface area contributed by atoms with Gasteiger partial charge in [-0.2, -0.15) is 0 Å². The molecule has 1 aromatic carbocycles. The van der Waals surface area contributed by atoms with Crippen LogP contribution in [0.2, 0.25) is 0 Å². The fourth-order valence-electron chi connectivity index (χ4n) is 1.59. The first kappa shape index (κ1) is 15.0. The number of nitrogens with one attached hydrogen (secondary N) is 3. The summed E-state index contributed by atoms with van der Waals surface area (Å²) in [6, 6.07) is 7.20. The molecule has 5 nitrogen and oxygen atoms in total. The van der Waals surface area contributed by atoms with Crippen LogP contribution in [0.1, 0.15) is 31.1 Å². The van der Waals surface area contributed by atoms with E-state index in [0.717, 1.165) is 5.69 Å². The lowest BCUT2D eigenvalue weighted by Crippen LogP contribution is -2.34. The van der Waals surface area contributed by atoms with Gasteiger partial charge in [0.05, 0.1) is 6.54 Å². The van der Waals surface area contributed by atoms with Crippen LogP contribution in [0.3, 0.4) is 0 Å². The van der Waals surface area contributed by atoms with Crippen LogP contribution in [-0.4, -0.2) is 30.9 Å². The van der Waals surface area contributed by atoms with Crippen molar-refractivity contribution in [2.75, 3.05) is 18.4 Å². The maximum Gasteiger partial charge on any atom is 0.251 e. The van der Waals surface area contributed by atoms with Crippen LogP contribution in [0, 0.1) is 0 Å². The van der Waals surface area contributed by atoms with Gasteiger partial charge in [0, 0.05) is 23.8 Å². The topological polar surface area (TPSA) is 70.2 Å². The van der Waals surface area contributed by atoms with E-state index in [1.807, 2.05) is 26.8 Å². The quantitative estimate of drug-likeness (QED) is 0.726. The molecule has 0 bridgehead atoms. The lowest BCUT2D eigenvalue weighted by molar-refractivity contribution is -0.119. The molecule has 0 aliphatic heterocycles. The molecule has 0 aliphatic carbocycles.